The second-order valence-electron chi connectivity index (χ2n) is 14.7. The molecule has 10 heteroatoms. The van der Waals surface area contributed by atoms with Crippen molar-refractivity contribution in [1.82, 2.24) is 9.55 Å². The number of aromatic nitrogens is 2. The molecule has 0 atom stereocenters. The second-order valence-corrected chi connectivity index (χ2v) is 16.3. The number of para-hydroxylation sites is 1. The fraction of sp³-hybridized carbons (Fsp3) is 0.217. The van der Waals surface area contributed by atoms with Crippen molar-refractivity contribution in [2.75, 3.05) is 7.11 Å². The highest BCUT2D eigenvalue weighted by Gasteiger charge is 2.36. The molecular formula is C46H46N3O6P. The van der Waals surface area contributed by atoms with Crippen molar-refractivity contribution in [3.05, 3.63) is 178 Å². The molecule has 4 aromatic carbocycles. The predicted octanol–water partition coefficient (Wildman–Crippen LogP) is 11.2. The van der Waals surface area contributed by atoms with Gasteiger partial charge < -0.3 is 14.2 Å². The number of aromatic amines is 1. The van der Waals surface area contributed by atoms with Gasteiger partial charge in [0, 0.05) is 40.2 Å². The number of nitrogens with one attached hydrogen (secondary N) is 1. The van der Waals surface area contributed by atoms with E-state index in [-0.39, 0.29) is 25.5 Å². The van der Waals surface area contributed by atoms with Gasteiger partial charge in [-0.3, -0.25) is 18.4 Å². The number of aliphatic imine (C=N–C) groups is 1. The van der Waals surface area contributed by atoms with Crippen LogP contribution in [0.5, 0.6) is 5.75 Å². The number of hydrogen-bond donors (Lipinski definition) is 1. The molecule has 0 bridgehead atoms. The zero-order valence-electron chi connectivity index (χ0n) is 32.5. The number of allylic oxidation sites excluding steroid dienone is 1. The average molecular weight is 768 g/mol. The van der Waals surface area contributed by atoms with E-state index in [9.17, 15) is 9.36 Å². The van der Waals surface area contributed by atoms with Crippen LogP contribution in [-0.4, -0.2) is 28.3 Å². The monoisotopic (exact) mass is 767 g/mol. The van der Waals surface area contributed by atoms with E-state index in [0.29, 0.717) is 28.6 Å². The van der Waals surface area contributed by atoms with Crippen molar-refractivity contribution in [3.8, 4) is 5.75 Å². The summed E-state index contributed by atoms with van der Waals surface area (Å²) in [5.41, 5.74) is 8.22. The molecule has 0 spiro atoms. The van der Waals surface area contributed by atoms with Crippen LogP contribution in [0.3, 0.4) is 0 Å². The summed E-state index contributed by atoms with van der Waals surface area (Å²) in [5, 5.41) is 0.906. The van der Waals surface area contributed by atoms with Crippen LogP contribution in [0.1, 0.15) is 70.0 Å². The molecule has 9 nitrogen and oxygen atoms in total. The first-order valence-electron chi connectivity index (χ1n) is 18.6. The van der Waals surface area contributed by atoms with Crippen molar-refractivity contribution in [3.63, 3.8) is 0 Å². The van der Waals surface area contributed by atoms with Gasteiger partial charge in [0.05, 0.1) is 37.2 Å². The summed E-state index contributed by atoms with van der Waals surface area (Å²) in [6.45, 7) is 10.0. The number of carbonyl (C=O) groups excluding carboxylic acids is 1. The molecule has 0 saturated carbocycles. The third kappa shape index (κ3) is 8.41. The van der Waals surface area contributed by atoms with Gasteiger partial charge in [0.2, 0.25) is 5.91 Å². The van der Waals surface area contributed by atoms with Crippen LogP contribution < -0.4 is 4.52 Å². The Bertz CT molecular complexity index is 2480. The third-order valence-electron chi connectivity index (χ3n) is 9.85. The number of phosphoric acid groups is 1. The average Bonchev–Trinajstić information content (AvgIpc) is 3.87. The fourth-order valence-electron chi connectivity index (χ4n) is 7.26. The van der Waals surface area contributed by atoms with Crippen molar-refractivity contribution >= 4 is 36.4 Å². The van der Waals surface area contributed by atoms with Gasteiger partial charge in [-0.05, 0) is 73.4 Å². The maximum absolute atomic E-state index is 14.8. The number of ether oxygens (including phenoxy) is 1. The largest absolute Gasteiger partial charge is 0.530 e. The van der Waals surface area contributed by atoms with Gasteiger partial charge >= 0.3 is 7.82 Å². The van der Waals surface area contributed by atoms with Crippen LogP contribution in [0.15, 0.2) is 138 Å². The van der Waals surface area contributed by atoms with Gasteiger partial charge in [-0.1, -0.05) is 105 Å². The van der Waals surface area contributed by atoms with E-state index < -0.39 is 13.2 Å². The Morgan fingerprint density at radius 1 is 0.821 bits per heavy atom. The number of hydrogen-bond acceptors (Lipinski definition) is 7. The van der Waals surface area contributed by atoms with Crippen molar-refractivity contribution in [1.29, 1.82) is 0 Å². The van der Waals surface area contributed by atoms with E-state index >= 15 is 0 Å². The zero-order valence-corrected chi connectivity index (χ0v) is 33.4. The number of fused-ring (bicyclic) bond motifs is 1. The van der Waals surface area contributed by atoms with E-state index in [0.717, 1.165) is 50.1 Å². The molecule has 0 radical (unpaired) electrons. The molecule has 0 aliphatic carbocycles. The Balaban J connectivity index is 1.22. The fourth-order valence-corrected chi connectivity index (χ4v) is 8.44. The van der Waals surface area contributed by atoms with Crippen LogP contribution in [0, 0.1) is 20.8 Å². The van der Waals surface area contributed by atoms with Gasteiger partial charge in [-0.25, -0.2) is 9.56 Å². The molecule has 7 rings (SSSR count). The van der Waals surface area contributed by atoms with E-state index in [1.165, 1.54) is 0 Å². The molecule has 2 aromatic heterocycles. The maximum atomic E-state index is 14.8. The Labute approximate surface area is 327 Å². The predicted molar refractivity (Wildman–Crippen MR) is 222 cm³/mol. The smallest absolute Gasteiger partial charge is 0.494 e. The molecule has 0 saturated heterocycles. The van der Waals surface area contributed by atoms with Crippen LogP contribution in [-0.2, 0) is 37.0 Å². The standard InChI is InChI=1S/C46H46N3O6P/c1-31-16-15-23-42(55-56(51,53-29-34-17-9-7-10-18-34)54-30-35-19-11-8-12-20-35)45(31)46(4,5)28-44(50)49-40-22-14-13-21-36(40)25-41(49)38-27-43(52-6)39(48-38)26-37-32(2)24-33(3)47-37/h7-27,47H,28-30H2,1-6H3/b39-26+. The van der Waals surface area contributed by atoms with Gasteiger partial charge in [0.25, 0.3) is 0 Å². The third-order valence-corrected chi connectivity index (χ3v) is 11.2. The number of methoxy groups -OCH3 is 1. The number of H-pyrrole nitrogens is 1. The van der Waals surface area contributed by atoms with E-state index in [1.807, 2.05) is 150 Å². The molecular weight excluding hydrogens is 721 g/mol. The SMILES string of the molecule is COC1=CC(c2cc3ccccc3n2C(=O)CC(C)(C)c2c(C)cccc2OP(=O)(OCc2ccccc2)OCc2ccccc2)=N/C1=C/c1[nH]c(C)cc1C. The lowest BCUT2D eigenvalue weighted by molar-refractivity contribution is 0.0880. The normalized spacial score (nSPS) is 13.9. The second kappa shape index (κ2) is 16.2. The van der Waals surface area contributed by atoms with E-state index in [4.69, 9.17) is 23.3 Å². The van der Waals surface area contributed by atoms with Crippen molar-refractivity contribution < 1.29 is 27.7 Å². The van der Waals surface area contributed by atoms with Crippen LogP contribution in [0.25, 0.3) is 17.0 Å². The molecule has 286 valence electrons. The lowest BCUT2D eigenvalue weighted by Crippen LogP contribution is -2.28. The Hall–Kier alpha value is -5.73. The van der Waals surface area contributed by atoms with Gasteiger partial charge in [0.1, 0.15) is 17.2 Å². The molecule has 0 amide bonds. The van der Waals surface area contributed by atoms with E-state index in [2.05, 4.69) is 11.1 Å². The number of carbonyl (C=O) groups is 1. The van der Waals surface area contributed by atoms with Crippen LogP contribution in [0.2, 0.25) is 0 Å². The minimum absolute atomic E-state index is 0.0175. The minimum Gasteiger partial charge on any atom is -0.494 e. The number of rotatable bonds is 14. The van der Waals surface area contributed by atoms with Crippen LogP contribution >= 0.6 is 7.82 Å². The van der Waals surface area contributed by atoms with Gasteiger partial charge in [-0.15, -0.1) is 0 Å². The number of benzene rings is 4. The van der Waals surface area contributed by atoms with Crippen LogP contribution in [0.4, 0.5) is 0 Å². The molecule has 6 aromatic rings. The molecule has 56 heavy (non-hydrogen) atoms. The highest BCUT2D eigenvalue weighted by atomic mass is 31.2. The Morgan fingerprint density at radius 2 is 1.46 bits per heavy atom. The highest BCUT2D eigenvalue weighted by Crippen LogP contribution is 2.53. The number of phosphoric ester groups is 1. The molecule has 1 aliphatic heterocycles. The summed E-state index contributed by atoms with van der Waals surface area (Å²) >= 11 is 0. The van der Waals surface area contributed by atoms with Gasteiger partial charge in [0.15, 0.2) is 0 Å². The molecule has 0 unspecified atom stereocenters. The topological polar surface area (TPSA) is 104 Å². The van der Waals surface area contributed by atoms with E-state index in [1.54, 1.807) is 17.7 Å². The molecule has 0 fully saturated rings. The molecule has 1 N–H and O–H groups in total. The Morgan fingerprint density at radius 3 is 2.09 bits per heavy atom. The number of aryl methyl sites for hydroxylation is 3. The van der Waals surface area contributed by atoms with Crippen molar-refractivity contribution in [2.24, 2.45) is 4.99 Å². The summed E-state index contributed by atoms with van der Waals surface area (Å²) in [6.07, 6.45) is 3.92. The summed E-state index contributed by atoms with van der Waals surface area (Å²) in [6, 6.07) is 36.3. The Kier molecular flexibility index (Phi) is 11.1. The summed E-state index contributed by atoms with van der Waals surface area (Å²) in [7, 11) is -2.58. The van der Waals surface area contributed by atoms with Crippen molar-refractivity contribution in [2.45, 2.75) is 59.7 Å². The zero-order chi connectivity index (χ0) is 39.5. The molecule has 1 aliphatic rings. The molecule has 3 heterocycles. The maximum Gasteiger partial charge on any atom is 0.530 e. The van der Waals surface area contributed by atoms with Gasteiger partial charge in [-0.2, -0.15) is 0 Å². The summed E-state index contributed by atoms with van der Waals surface area (Å²) in [5.74, 6) is 0.779. The lowest BCUT2D eigenvalue weighted by atomic mass is 9.78. The first kappa shape index (κ1) is 38.5. The quantitative estimate of drug-likeness (QED) is 0.111. The number of nitrogens with zero attached hydrogens (tertiary/aromatic N) is 2. The lowest BCUT2D eigenvalue weighted by Gasteiger charge is -2.30. The summed E-state index contributed by atoms with van der Waals surface area (Å²) in [4.78, 5) is 23.1. The first-order chi connectivity index (χ1) is 26.9. The summed E-state index contributed by atoms with van der Waals surface area (Å²) < 4.78 is 40.3. The first-order valence-corrected chi connectivity index (χ1v) is 20.0. The highest BCUT2D eigenvalue weighted by molar-refractivity contribution is 7.48. The minimum atomic E-state index is -4.20.